The fraction of sp³-hybridized carbons (Fsp3) is 0.692. The molecule has 1 nitrogen and oxygen atoms in total. The van der Waals surface area contributed by atoms with Crippen molar-refractivity contribution in [2.75, 3.05) is 12.3 Å². The van der Waals surface area contributed by atoms with Gasteiger partial charge in [0.25, 0.3) is 0 Å². The zero-order valence-corrected chi connectivity index (χ0v) is 14.2. The topological polar surface area (TPSA) is 3.24 Å². The summed E-state index contributed by atoms with van der Waals surface area (Å²) in [6.07, 6.45) is 2.51. The molecule has 0 amide bonds. The van der Waals surface area contributed by atoms with E-state index < -0.39 is 0 Å². The maximum Gasteiger partial charge on any atom is 0.0631 e. The lowest BCUT2D eigenvalue weighted by Crippen LogP contribution is -2.44. The minimum absolute atomic E-state index is 0. The summed E-state index contributed by atoms with van der Waals surface area (Å²) < 4.78 is 1.55. The minimum atomic E-state index is 0. The van der Waals surface area contributed by atoms with Crippen molar-refractivity contribution in [3.05, 3.63) is 17.0 Å². The molecule has 0 spiro atoms. The number of rotatable bonds is 4. The van der Waals surface area contributed by atoms with Crippen LogP contribution in [0, 0.1) is 0 Å². The smallest absolute Gasteiger partial charge is 0.0631 e. The molecule has 0 saturated heterocycles. The van der Waals surface area contributed by atoms with Crippen molar-refractivity contribution in [3.8, 4) is 0 Å². The summed E-state index contributed by atoms with van der Waals surface area (Å²) in [5.41, 5.74) is 1.58. The van der Waals surface area contributed by atoms with Crippen molar-refractivity contribution in [2.45, 2.75) is 49.9 Å². The number of thiophene rings is 1. The van der Waals surface area contributed by atoms with Crippen LogP contribution in [0.25, 0.3) is 0 Å². The van der Waals surface area contributed by atoms with E-state index in [9.17, 15) is 0 Å². The number of hydrogen-bond donors (Lipinski definition) is 0. The fourth-order valence-corrected chi connectivity index (χ4v) is 4.71. The number of halogens is 1. The molecule has 1 atom stereocenters. The Balaban J connectivity index is 0.00000144. The molecule has 98 valence electrons. The number of hydrogen-bond acceptors (Lipinski definition) is 3. The highest BCUT2D eigenvalue weighted by atomic mass is 79.9. The van der Waals surface area contributed by atoms with Crippen molar-refractivity contribution in [3.63, 3.8) is 0 Å². The quantitative estimate of drug-likeness (QED) is 0.798. The summed E-state index contributed by atoms with van der Waals surface area (Å²) >= 11 is 3.96. The van der Waals surface area contributed by atoms with E-state index in [4.69, 9.17) is 0 Å². The molecule has 1 aromatic heterocycles. The average molecular weight is 336 g/mol. The van der Waals surface area contributed by atoms with Crippen LogP contribution < -0.4 is 0 Å². The van der Waals surface area contributed by atoms with Crippen LogP contribution in [0.15, 0.2) is 15.7 Å². The normalized spacial score (nSPS) is 19.2. The van der Waals surface area contributed by atoms with Crippen molar-refractivity contribution in [2.24, 2.45) is 0 Å². The molecule has 0 bridgehead atoms. The SMILES string of the molecule is Br.CCCN(C(C)C)C1CSc2sccc2C1. The van der Waals surface area contributed by atoms with Gasteiger partial charge in [-0.2, -0.15) is 0 Å². The summed E-state index contributed by atoms with van der Waals surface area (Å²) in [6, 6.07) is 3.72. The molecular weight excluding hydrogens is 314 g/mol. The second-order valence-electron chi connectivity index (χ2n) is 4.73. The van der Waals surface area contributed by atoms with Crippen LogP contribution in [0.3, 0.4) is 0 Å². The molecule has 0 saturated carbocycles. The predicted molar refractivity (Wildman–Crippen MR) is 85.0 cm³/mol. The summed E-state index contributed by atoms with van der Waals surface area (Å²) in [4.78, 5) is 2.67. The Morgan fingerprint density at radius 3 is 2.88 bits per heavy atom. The zero-order valence-electron chi connectivity index (χ0n) is 10.8. The third-order valence-electron chi connectivity index (χ3n) is 3.18. The van der Waals surface area contributed by atoms with Crippen LogP contribution in [0.4, 0.5) is 0 Å². The third-order valence-corrected chi connectivity index (χ3v) is 5.65. The van der Waals surface area contributed by atoms with Gasteiger partial charge in [0.05, 0.1) is 4.21 Å². The van der Waals surface area contributed by atoms with E-state index >= 15 is 0 Å². The molecule has 0 N–H and O–H groups in total. The van der Waals surface area contributed by atoms with Crippen molar-refractivity contribution < 1.29 is 0 Å². The second kappa shape index (κ2) is 7.17. The first-order valence-corrected chi connectivity index (χ1v) is 8.03. The molecule has 0 aromatic carbocycles. The zero-order chi connectivity index (χ0) is 11.5. The first-order valence-electron chi connectivity index (χ1n) is 6.17. The first-order chi connectivity index (χ1) is 7.72. The van der Waals surface area contributed by atoms with Gasteiger partial charge >= 0.3 is 0 Å². The lowest BCUT2D eigenvalue weighted by Gasteiger charge is -2.36. The Bertz CT molecular complexity index is 338. The van der Waals surface area contributed by atoms with Gasteiger partial charge in [0.15, 0.2) is 0 Å². The van der Waals surface area contributed by atoms with Crippen molar-refractivity contribution >= 4 is 40.1 Å². The maximum absolute atomic E-state index is 2.67. The van der Waals surface area contributed by atoms with Gasteiger partial charge in [0.1, 0.15) is 0 Å². The standard InChI is InChI=1S/C13H21NS2.BrH/c1-4-6-14(10(2)3)12-8-11-5-7-15-13(11)16-9-12;/h5,7,10,12H,4,6,8-9H2,1-3H3;1H. The van der Waals surface area contributed by atoms with Gasteiger partial charge in [-0.25, -0.2) is 0 Å². The van der Waals surface area contributed by atoms with Gasteiger partial charge in [-0.1, -0.05) is 6.92 Å². The monoisotopic (exact) mass is 335 g/mol. The Labute approximate surface area is 124 Å². The molecular formula is C13H22BrNS2. The molecule has 2 rings (SSSR count). The summed E-state index contributed by atoms with van der Waals surface area (Å²) in [7, 11) is 0. The largest absolute Gasteiger partial charge is 0.297 e. The van der Waals surface area contributed by atoms with E-state index in [-0.39, 0.29) is 17.0 Å². The van der Waals surface area contributed by atoms with Crippen molar-refractivity contribution in [1.29, 1.82) is 0 Å². The number of thioether (sulfide) groups is 1. The highest BCUT2D eigenvalue weighted by Gasteiger charge is 2.26. The van der Waals surface area contributed by atoms with E-state index in [0.29, 0.717) is 6.04 Å². The molecule has 4 heteroatoms. The Kier molecular flexibility index (Phi) is 6.56. The molecule has 1 aliphatic rings. The molecule has 17 heavy (non-hydrogen) atoms. The van der Waals surface area contributed by atoms with E-state index in [2.05, 4.69) is 48.9 Å². The van der Waals surface area contributed by atoms with E-state index in [1.807, 2.05) is 11.3 Å². The number of fused-ring (bicyclic) bond motifs is 1. The maximum atomic E-state index is 2.67. The van der Waals surface area contributed by atoms with Crippen LogP contribution in [0.2, 0.25) is 0 Å². The lowest BCUT2D eigenvalue weighted by atomic mass is 10.1. The highest BCUT2D eigenvalue weighted by molar-refractivity contribution is 8.93. The lowest BCUT2D eigenvalue weighted by molar-refractivity contribution is 0.165. The molecule has 0 aliphatic carbocycles. The van der Waals surface area contributed by atoms with Gasteiger partial charge in [-0.05, 0) is 50.2 Å². The molecule has 2 heterocycles. The van der Waals surface area contributed by atoms with Gasteiger partial charge in [-0.15, -0.1) is 40.1 Å². The third kappa shape index (κ3) is 3.72. The van der Waals surface area contributed by atoms with Crippen molar-refractivity contribution in [1.82, 2.24) is 4.90 Å². The van der Waals surface area contributed by atoms with Crippen LogP contribution in [0.1, 0.15) is 32.8 Å². The summed E-state index contributed by atoms with van der Waals surface area (Å²) in [5.74, 6) is 1.27. The predicted octanol–water partition coefficient (Wildman–Crippen LogP) is 4.46. The summed E-state index contributed by atoms with van der Waals surface area (Å²) in [6.45, 7) is 8.16. The Hall–Kier alpha value is 0.490. The van der Waals surface area contributed by atoms with E-state index in [1.165, 1.54) is 25.1 Å². The van der Waals surface area contributed by atoms with Crippen LogP contribution in [-0.2, 0) is 6.42 Å². The molecule has 0 fully saturated rings. The van der Waals surface area contributed by atoms with Crippen LogP contribution in [-0.4, -0.2) is 29.3 Å². The first kappa shape index (κ1) is 15.5. The highest BCUT2D eigenvalue weighted by Crippen LogP contribution is 2.36. The van der Waals surface area contributed by atoms with Gasteiger partial charge < -0.3 is 0 Å². The molecule has 1 aromatic rings. The molecule has 1 unspecified atom stereocenters. The summed E-state index contributed by atoms with van der Waals surface area (Å²) in [5, 5.41) is 2.24. The minimum Gasteiger partial charge on any atom is -0.297 e. The average Bonchev–Trinajstić information content (AvgIpc) is 2.72. The molecule has 0 radical (unpaired) electrons. The molecule has 1 aliphatic heterocycles. The second-order valence-corrected chi connectivity index (χ2v) is 6.94. The van der Waals surface area contributed by atoms with Crippen LogP contribution >= 0.6 is 40.1 Å². The Morgan fingerprint density at radius 1 is 1.47 bits per heavy atom. The fourth-order valence-electron chi connectivity index (χ4n) is 2.42. The van der Waals surface area contributed by atoms with Gasteiger partial charge in [0, 0.05) is 17.8 Å². The number of nitrogens with zero attached hydrogens (tertiary/aromatic N) is 1. The van der Waals surface area contributed by atoms with E-state index in [0.717, 1.165) is 6.04 Å². The van der Waals surface area contributed by atoms with Gasteiger partial charge in [0.2, 0.25) is 0 Å². The Morgan fingerprint density at radius 2 is 2.24 bits per heavy atom. The van der Waals surface area contributed by atoms with Gasteiger partial charge in [-0.3, -0.25) is 4.90 Å². The van der Waals surface area contributed by atoms with E-state index in [1.54, 1.807) is 9.77 Å². The van der Waals surface area contributed by atoms with Crippen LogP contribution in [0.5, 0.6) is 0 Å².